The van der Waals surface area contributed by atoms with Gasteiger partial charge in [0.2, 0.25) is 5.91 Å². The van der Waals surface area contributed by atoms with Gasteiger partial charge >= 0.3 is 0 Å². The van der Waals surface area contributed by atoms with E-state index in [1.807, 2.05) is 13.0 Å². The molecule has 0 radical (unpaired) electrons. The lowest BCUT2D eigenvalue weighted by Crippen LogP contribution is -2.16. The van der Waals surface area contributed by atoms with E-state index in [0.717, 1.165) is 0 Å². The number of benzene rings is 1. The lowest BCUT2D eigenvalue weighted by atomic mass is 10.1. The van der Waals surface area contributed by atoms with Crippen LogP contribution < -0.4 is 10.1 Å². The van der Waals surface area contributed by atoms with Crippen LogP contribution in [0.1, 0.15) is 25.3 Å². The molecule has 0 fully saturated rings. The molecule has 0 aliphatic rings. The van der Waals surface area contributed by atoms with E-state index >= 15 is 0 Å². The Balaban J connectivity index is 2.76. The topological polar surface area (TPSA) is 71.3 Å². The molecule has 1 unspecified atom stereocenters. The zero-order valence-corrected chi connectivity index (χ0v) is 11.4. The fourth-order valence-electron chi connectivity index (χ4n) is 1.58. The van der Waals surface area contributed by atoms with Gasteiger partial charge in [-0.15, -0.1) is 0 Å². The van der Waals surface area contributed by atoms with Crippen molar-refractivity contribution >= 4 is 11.6 Å². The van der Waals surface area contributed by atoms with Gasteiger partial charge in [0.05, 0.1) is 18.8 Å². The van der Waals surface area contributed by atoms with Gasteiger partial charge in [0.25, 0.3) is 0 Å². The summed E-state index contributed by atoms with van der Waals surface area (Å²) in [6.07, 6.45) is 0.982. The van der Waals surface area contributed by atoms with Crippen LogP contribution in [-0.4, -0.2) is 26.2 Å². The summed E-state index contributed by atoms with van der Waals surface area (Å²) in [5, 5.41) is 11.7. The minimum Gasteiger partial charge on any atom is -0.495 e. The Bertz CT molecular complexity index is 480. The number of para-hydroxylation sites is 1. The average molecular weight is 262 g/mol. The van der Waals surface area contributed by atoms with E-state index < -0.39 is 0 Å². The average Bonchev–Trinajstić information content (AvgIpc) is 2.44. The first-order chi connectivity index (χ1) is 9.12. The second-order valence-corrected chi connectivity index (χ2v) is 4.13. The van der Waals surface area contributed by atoms with E-state index in [4.69, 9.17) is 14.7 Å². The predicted octanol–water partition coefficient (Wildman–Crippen LogP) is 2.32. The van der Waals surface area contributed by atoms with Crippen molar-refractivity contribution in [2.45, 2.75) is 25.9 Å². The number of carbonyl (C=O) groups excluding carboxylic acids is 1. The highest BCUT2D eigenvalue weighted by molar-refractivity contribution is 5.93. The summed E-state index contributed by atoms with van der Waals surface area (Å²) in [5.41, 5.74) is 0.801. The molecule has 1 aromatic rings. The Morgan fingerprint density at radius 1 is 1.47 bits per heavy atom. The molecular weight excluding hydrogens is 244 g/mol. The molecule has 1 amide bonds. The standard InChI is InChI=1S/C14H18N2O3/c1-10(18-2)7-8-13(17)16-14-11(9-15)5-4-6-12(14)19-3/h4-6,10H,7-8H2,1-3H3,(H,16,17). The molecule has 0 bridgehead atoms. The molecule has 0 aromatic heterocycles. The smallest absolute Gasteiger partial charge is 0.224 e. The van der Waals surface area contributed by atoms with Gasteiger partial charge in [-0.3, -0.25) is 4.79 Å². The summed E-state index contributed by atoms with van der Waals surface area (Å²) in [6.45, 7) is 1.90. The number of carbonyl (C=O) groups is 1. The number of nitriles is 1. The molecule has 1 atom stereocenters. The van der Waals surface area contributed by atoms with Crippen molar-refractivity contribution in [1.82, 2.24) is 0 Å². The van der Waals surface area contributed by atoms with Gasteiger partial charge < -0.3 is 14.8 Å². The number of methoxy groups -OCH3 is 2. The molecule has 0 aliphatic heterocycles. The Kier molecular flexibility index (Phi) is 5.83. The molecule has 5 heteroatoms. The van der Waals surface area contributed by atoms with Crippen molar-refractivity contribution in [3.63, 3.8) is 0 Å². The molecule has 1 aromatic carbocycles. The van der Waals surface area contributed by atoms with Crippen molar-refractivity contribution in [3.05, 3.63) is 23.8 Å². The quantitative estimate of drug-likeness (QED) is 0.854. The number of amides is 1. The Hall–Kier alpha value is -2.06. The number of ether oxygens (including phenoxy) is 2. The molecule has 0 heterocycles. The summed E-state index contributed by atoms with van der Waals surface area (Å²) >= 11 is 0. The van der Waals surface area contributed by atoms with E-state index in [-0.39, 0.29) is 12.0 Å². The molecule has 0 aliphatic carbocycles. The van der Waals surface area contributed by atoms with Crippen molar-refractivity contribution in [2.75, 3.05) is 19.5 Å². The van der Waals surface area contributed by atoms with Gasteiger partial charge in [-0.25, -0.2) is 0 Å². The van der Waals surface area contributed by atoms with Crippen LogP contribution in [0.5, 0.6) is 5.75 Å². The van der Waals surface area contributed by atoms with Crippen LogP contribution in [0, 0.1) is 11.3 Å². The minimum absolute atomic E-state index is 0.0267. The maximum absolute atomic E-state index is 11.8. The zero-order valence-electron chi connectivity index (χ0n) is 11.4. The first-order valence-electron chi connectivity index (χ1n) is 6.02. The molecular formula is C14H18N2O3. The largest absolute Gasteiger partial charge is 0.495 e. The summed E-state index contributed by atoms with van der Waals surface area (Å²) in [7, 11) is 3.11. The van der Waals surface area contributed by atoms with Crippen LogP contribution in [0.2, 0.25) is 0 Å². The van der Waals surface area contributed by atoms with Crippen molar-refractivity contribution in [1.29, 1.82) is 5.26 Å². The fraction of sp³-hybridized carbons (Fsp3) is 0.429. The normalized spacial score (nSPS) is 11.5. The van der Waals surface area contributed by atoms with Crippen LogP contribution in [-0.2, 0) is 9.53 Å². The van der Waals surface area contributed by atoms with E-state index in [1.165, 1.54) is 7.11 Å². The number of anilines is 1. The van der Waals surface area contributed by atoms with E-state index in [0.29, 0.717) is 29.8 Å². The summed E-state index contributed by atoms with van der Waals surface area (Å²) in [4.78, 5) is 11.8. The van der Waals surface area contributed by atoms with Crippen LogP contribution in [0.15, 0.2) is 18.2 Å². The van der Waals surface area contributed by atoms with Gasteiger partial charge in [-0.05, 0) is 25.5 Å². The molecule has 102 valence electrons. The van der Waals surface area contributed by atoms with Gasteiger partial charge in [-0.2, -0.15) is 5.26 Å². The van der Waals surface area contributed by atoms with E-state index in [9.17, 15) is 4.79 Å². The first kappa shape index (κ1) is 15.0. The van der Waals surface area contributed by atoms with Crippen LogP contribution in [0.25, 0.3) is 0 Å². The molecule has 19 heavy (non-hydrogen) atoms. The number of hydrogen-bond donors (Lipinski definition) is 1. The SMILES string of the molecule is COc1cccc(C#N)c1NC(=O)CCC(C)OC. The van der Waals surface area contributed by atoms with E-state index in [1.54, 1.807) is 25.3 Å². The predicted molar refractivity (Wildman–Crippen MR) is 72.0 cm³/mol. The monoisotopic (exact) mass is 262 g/mol. The third-order valence-electron chi connectivity index (χ3n) is 2.81. The maximum atomic E-state index is 11.8. The summed E-state index contributed by atoms with van der Waals surface area (Å²) in [5.74, 6) is 0.317. The second-order valence-electron chi connectivity index (χ2n) is 4.13. The Labute approximate surface area is 113 Å². The highest BCUT2D eigenvalue weighted by atomic mass is 16.5. The number of hydrogen-bond acceptors (Lipinski definition) is 4. The van der Waals surface area contributed by atoms with Crippen LogP contribution in [0.3, 0.4) is 0 Å². The highest BCUT2D eigenvalue weighted by Crippen LogP contribution is 2.27. The molecule has 0 saturated heterocycles. The second kappa shape index (κ2) is 7.39. The lowest BCUT2D eigenvalue weighted by Gasteiger charge is -2.12. The van der Waals surface area contributed by atoms with Gasteiger partial charge in [-0.1, -0.05) is 6.07 Å². The molecule has 5 nitrogen and oxygen atoms in total. The lowest BCUT2D eigenvalue weighted by molar-refractivity contribution is -0.116. The zero-order chi connectivity index (χ0) is 14.3. The molecule has 1 rings (SSSR count). The summed E-state index contributed by atoms with van der Waals surface area (Å²) in [6, 6.07) is 7.08. The first-order valence-corrected chi connectivity index (χ1v) is 6.02. The van der Waals surface area contributed by atoms with Gasteiger partial charge in [0.15, 0.2) is 0 Å². The number of nitrogens with zero attached hydrogens (tertiary/aromatic N) is 1. The Morgan fingerprint density at radius 2 is 2.21 bits per heavy atom. The molecule has 0 saturated carbocycles. The third kappa shape index (κ3) is 4.27. The van der Waals surface area contributed by atoms with Gasteiger partial charge in [0.1, 0.15) is 17.5 Å². The molecule has 0 spiro atoms. The number of rotatable bonds is 6. The maximum Gasteiger partial charge on any atom is 0.224 e. The van der Waals surface area contributed by atoms with Crippen molar-refractivity contribution < 1.29 is 14.3 Å². The van der Waals surface area contributed by atoms with Crippen molar-refractivity contribution in [3.8, 4) is 11.8 Å². The molecule has 1 N–H and O–H groups in total. The number of nitrogens with one attached hydrogen (secondary N) is 1. The van der Waals surface area contributed by atoms with Crippen LogP contribution >= 0.6 is 0 Å². The van der Waals surface area contributed by atoms with Gasteiger partial charge in [0, 0.05) is 13.5 Å². The third-order valence-corrected chi connectivity index (χ3v) is 2.81. The summed E-state index contributed by atoms with van der Waals surface area (Å²) < 4.78 is 10.2. The van der Waals surface area contributed by atoms with Crippen LogP contribution in [0.4, 0.5) is 5.69 Å². The van der Waals surface area contributed by atoms with Crippen molar-refractivity contribution in [2.24, 2.45) is 0 Å². The highest BCUT2D eigenvalue weighted by Gasteiger charge is 2.13. The Morgan fingerprint density at radius 3 is 2.79 bits per heavy atom. The minimum atomic E-state index is -0.162. The van der Waals surface area contributed by atoms with E-state index in [2.05, 4.69) is 5.32 Å². The fourth-order valence-corrected chi connectivity index (χ4v) is 1.58.